The molecule has 0 saturated heterocycles. The molecule has 1 heterocycles. The van der Waals surface area contributed by atoms with Gasteiger partial charge in [-0.3, -0.25) is 0 Å². The van der Waals surface area contributed by atoms with Crippen LogP contribution in [0.4, 0.5) is 0 Å². The summed E-state index contributed by atoms with van der Waals surface area (Å²) in [6.45, 7) is 9.67. The van der Waals surface area contributed by atoms with Crippen molar-refractivity contribution in [2.24, 2.45) is 10.9 Å². The van der Waals surface area contributed by atoms with Gasteiger partial charge in [0.1, 0.15) is 6.54 Å². The van der Waals surface area contributed by atoms with Crippen molar-refractivity contribution in [1.82, 2.24) is 15.8 Å². The first-order valence-corrected chi connectivity index (χ1v) is 9.29. The zero-order valence-electron chi connectivity index (χ0n) is 16.0. The summed E-state index contributed by atoms with van der Waals surface area (Å²) in [4.78, 5) is 4.55. The van der Waals surface area contributed by atoms with E-state index in [1.54, 1.807) is 0 Å². The van der Waals surface area contributed by atoms with E-state index in [1.807, 2.05) is 31.2 Å². The van der Waals surface area contributed by atoms with Gasteiger partial charge in [-0.1, -0.05) is 49.3 Å². The number of aliphatic imine (C=N–C) groups is 1. The third-order valence-electron chi connectivity index (χ3n) is 3.84. The molecule has 26 heavy (non-hydrogen) atoms. The number of nitrogens with zero attached hydrogens (tertiary/aromatic N) is 2. The van der Waals surface area contributed by atoms with Gasteiger partial charge in [-0.05, 0) is 24.8 Å². The quantitative estimate of drug-likeness (QED) is 0.504. The van der Waals surface area contributed by atoms with Crippen molar-refractivity contribution < 1.29 is 9.26 Å². The van der Waals surface area contributed by atoms with Crippen LogP contribution in [0.3, 0.4) is 0 Å². The molecule has 1 atom stereocenters. The predicted octanol–water partition coefficient (Wildman–Crippen LogP) is 3.15. The molecule has 1 unspecified atom stereocenters. The summed E-state index contributed by atoms with van der Waals surface area (Å²) in [6, 6.07) is 12.2. The van der Waals surface area contributed by atoms with E-state index in [4.69, 9.17) is 9.26 Å². The molecule has 0 aliphatic rings. The Morgan fingerprint density at radius 1 is 1.23 bits per heavy atom. The first-order chi connectivity index (χ1) is 12.7. The molecule has 0 bridgehead atoms. The number of rotatable bonds is 10. The molecule has 2 N–H and O–H groups in total. The molecule has 0 spiro atoms. The van der Waals surface area contributed by atoms with Gasteiger partial charge in [0, 0.05) is 19.2 Å². The minimum absolute atomic E-state index is 0.375. The zero-order valence-corrected chi connectivity index (χ0v) is 16.0. The summed E-state index contributed by atoms with van der Waals surface area (Å²) in [5.74, 6) is 1.93. The second-order valence-corrected chi connectivity index (χ2v) is 6.32. The SMILES string of the molecule is CCNC(=NCc1cc(CC)no1)NCC(C)COCc1ccccc1. The minimum Gasteiger partial charge on any atom is -0.376 e. The van der Waals surface area contributed by atoms with Crippen LogP contribution >= 0.6 is 0 Å². The van der Waals surface area contributed by atoms with Crippen LogP contribution in [0, 0.1) is 5.92 Å². The molecular formula is C20H30N4O2. The minimum atomic E-state index is 0.375. The van der Waals surface area contributed by atoms with E-state index in [9.17, 15) is 0 Å². The molecule has 0 amide bonds. The van der Waals surface area contributed by atoms with Crippen molar-refractivity contribution in [3.8, 4) is 0 Å². The number of ether oxygens (including phenoxy) is 1. The molecule has 1 aromatic carbocycles. The third kappa shape index (κ3) is 7.27. The Morgan fingerprint density at radius 3 is 2.73 bits per heavy atom. The third-order valence-corrected chi connectivity index (χ3v) is 3.84. The van der Waals surface area contributed by atoms with Crippen molar-refractivity contribution in [3.63, 3.8) is 0 Å². The molecule has 2 aromatic rings. The highest BCUT2D eigenvalue weighted by molar-refractivity contribution is 5.79. The van der Waals surface area contributed by atoms with Gasteiger partial charge in [-0.25, -0.2) is 4.99 Å². The van der Waals surface area contributed by atoms with Crippen LogP contribution in [0.5, 0.6) is 0 Å². The van der Waals surface area contributed by atoms with Crippen LogP contribution in [0.15, 0.2) is 45.9 Å². The highest BCUT2D eigenvalue weighted by Gasteiger charge is 2.06. The standard InChI is InChI=1S/C20H30N4O2/c1-4-18-11-19(26-24-18)13-23-20(21-5-2)22-12-16(3)14-25-15-17-9-7-6-8-10-17/h6-11,16H,4-5,12-15H2,1-3H3,(H2,21,22,23). The lowest BCUT2D eigenvalue weighted by Gasteiger charge is -2.16. The first kappa shape index (κ1) is 20.0. The fraction of sp³-hybridized carbons (Fsp3) is 0.500. The molecule has 142 valence electrons. The summed E-state index contributed by atoms with van der Waals surface area (Å²) < 4.78 is 11.1. The Hall–Kier alpha value is -2.34. The molecule has 0 aliphatic carbocycles. The summed E-state index contributed by atoms with van der Waals surface area (Å²) in [7, 11) is 0. The number of guanidine groups is 1. The Morgan fingerprint density at radius 2 is 2.04 bits per heavy atom. The normalized spacial score (nSPS) is 12.8. The zero-order chi connectivity index (χ0) is 18.6. The van der Waals surface area contributed by atoms with Crippen molar-refractivity contribution in [2.45, 2.75) is 40.3 Å². The largest absolute Gasteiger partial charge is 0.376 e. The van der Waals surface area contributed by atoms with Gasteiger partial charge in [-0.15, -0.1) is 0 Å². The highest BCUT2D eigenvalue weighted by Crippen LogP contribution is 2.06. The van der Waals surface area contributed by atoms with Crippen LogP contribution in [-0.2, 0) is 24.3 Å². The number of aromatic nitrogens is 1. The van der Waals surface area contributed by atoms with Gasteiger partial charge >= 0.3 is 0 Å². The molecule has 0 aliphatic heterocycles. The predicted molar refractivity (Wildman–Crippen MR) is 104 cm³/mol. The Bertz CT molecular complexity index is 655. The van der Waals surface area contributed by atoms with E-state index in [0.717, 1.165) is 36.9 Å². The van der Waals surface area contributed by atoms with E-state index in [0.29, 0.717) is 25.7 Å². The van der Waals surface area contributed by atoms with Gasteiger partial charge in [-0.2, -0.15) is 0 Å². The van der Waals surface area contributed by atoms with Crippen LogP contribution in [-0.4, -0.2) is 30.8 Å². The molecule has 1 aromatic heterocycles. The second kappa shape index (κ2) is 11.3. The lowest BCUT2D eigenvalue weighted by Crippen LogP contribution is -2.40. The summed E-state index contributed by atoms with van der Waals surface area (Å²) >= 11 is 0. The van der Waals surface area contributed by atoms with Crippen LogP contribution in [0.1, 0.15) is 37.8 Å². The van der Waals surface area contributed by atoms with E-state index < -0.39 is 0 Å². The van der Waals surface area contributed by atoms with Gasteiger partial charge in [0.2, 0.25) is 0 Å². The van der Waals surface area contributed by atoms with Crippen LogP contribution < -0.4 is 10.6 Å². The number of nitrogens with one attached hydrogen (secondary N) is 2. The number of benzene rings is 1. The van der Waals surface area contributed by atoms with Crippen molar-refractivity contribution in [1.29, 1.82) is 0 Å². The molecule has 0 fully saturated rings. The van der Waals surface area contributed by atoms with E-state index in [1.165, 1.54) is 5.56 Å². The maximum Gasteiger partial charge on any atom is 0.191 e. The van der Waals surface area contributed by atoms with E-state index in [2.05, 4.69) is 46.8 Å². The van der Waals surface area contributed by atoms with Gasteiger partial charge in [0.15, 0.2) is 11.7 Å². The summed E-state index contributed by atoms with van der Waals surface area (Å²) in [5, 5.41) is 10.6. The maximum atomic E-state index is 5.79. The fourth-order valence-corrected chi connectivity index (χ4v) is 2.38. The fourth-order valence-electron chi connectivity index (χ4n) is 2.38. The molecule has 0 saturated carbocycles. The van der Waals surface area contributed by atoms with Crippen LogP contribution in [0.25, 0.3) is 0 Å². The second-order valence-electron chi connectivity index (χ2n) is 6.32. The van der Waals surface area contributed by atoms with Gasteiger partial charge in [0.05, 0.1) is 18.9 Å². The summed E-state index contributed by atoms with van der Waals surface area (Å²) in [6.07, 6.45) is 0.867. The Balaban J connectivity index is 1.73. The first-order valence-electron chi connectivity index (χ1n) is 9.29. The topological polar surface area (TPSA) is 71.7 Å². The van der Waals surface area contributed by atoms with Crippen LogP contribution in [0.2, 0.25) is 0 Å². The number of aryl methyl sites for hydroxylation is 1. The lowest BCUT2D eigenvalue weighted by atomic mass is 10.2. The molecular weight excluding hydrogens is 328 g/mol. The monoisotopic (exact) mass is 358 g/mol. The Labute approximate surface area is 156 Å². The molecule has 0 radical (unpaired) electrons. The Kier molecular flexibility index (Phi) is 8.69. The van der Waals surface area contributed by atoms with E-state index in [-0.39, 0.29) is 0 Å². The lowest BCUT2D eigenvalue weighted by molar-refractivity contribution is 0.0931. The molecule has 2 rings (SSSR count). The van der Waals surface area contributed by atoms with Crippen molar-refractivity contribution in [2.75, 3.05) is 19.7 Å². The maximum absolute atomic E-state index is 5.79. The smallest absolute Gasteiger partial charge is 0.191 e. The van der Waals surface area contributed by atoms with E-state index >= 15 is 0 Å². The van der Waals surface area contributed by atoms with Crippen molar-refractivity contribution in [3.05, 3.63) is 53.4 Å². The number of hydrogen-bond acceptors (Lipinski definition) is 4. The van der Waals surface area contributed by atoms with Gasteiger partial charge in [0.25, 0.3) is 0 Å². The van der Waals surface area contributed by atoms with Gasteiger partial charge < -0.3 is 19.9 Å². The average molecular weight is 358 g/mol. The average Bonchev–Trinajstić information content (AvgIpc) is 3.13. The highest BCUT2D eigenvalue weighted by atomic mass is 16.5. The van der Waals surface area contributed by atoms with Crippen molar-refractivity contribution >= 4 is 5.96 Å². The molecule has 6 nitrogen and oxygen atoms in total. The molecule has 6 heteroatoms. The summed E-state index contributed by atoms with van der Waals surface area (Å²) in [5.41, 5.74) is 2.15. The number of hydrogen-bond donors (Lipinski definition) is 2.